The van der Waals surface area contributed by atoms with Crippen LogP contribution in [0, 0.1) is 0 Å². The molecule has 0 bridgehead atoms. The van der Waals surface area contributed by atoms with E-state index in [0.29, 0.717) is 21.5 Å². The largest absolute Gasteiger partial charge is 0.495 e. The maximum Gasteiger partial charge on any atom is 0.313 e. The van der Waals surface area contributed by atoms with Gasteiger partial charge in [0, 0.05) is 16.6 Å². The van der Waals surface area contributed by atoms with Crippen molar-refractivity contribution in [1.82, 2.24) is 5.32 Å². The van der Waals surface area contributed by atoms with Crippen molar-refractivity contribution in [2.45, 2.75) is 6.54 Å². The van der Waals surface area contributed by atoms with E-state index in [1.165, 1.54) is 13.2 Å². The van der Waals surface area contributed by atoms with Gasteiger partial charge >= 0.3 is 11.8 Å². The molecule has 0 aromatic heterocycles. The van der Waals surface area contributed by atoms with E-state index >= 15 is 0 Å². The van der Waals surface area contributed by atoms with E-state index in [-0.39, 0.29) is 6.54 Å². The number of benzene rings is 2. The minimum Gasteiger partial charge on any atom is -0.495 e. The number of anilines is 1. The van der Waals surface area contributed by atoms with Gasteiger partial charge in [-0.1, -0.05) is 41.4 Å². The fraction of sp³-hybridized carbons (Fsp3) is 0.125. The Hall–Kier alpha value is -2.24. The lowest BCUT2D eigenvalue weighted by Gasteiger charge is -2.11. The number of methoxy groups -OCH3 is 1. The predicted octanol–water partition coefficient (Wildman–Crippen LogP) is 3.26. The molecule has 0 radical (unpaired) electrons. The summed E-state index contributed by atoms with van der Waals surface area (Å²) in [4.78, 5) is 23.8. The lowest BCUT2D eigenvalue weighted by atomic mass is 10.2. The van der Waals surface area contributed by atoms with Gasteiger partial charge in [-0.25, -0.2) is 0 Å². The van der Waals surface area contributed by atoms with Gasteiger partial charge in [-0.3, -0.25) is 9.59 Å². The highest BCUT2D eigenvalue weighted by atomic mass is 35.5. The van der Waals surface area contributed by atoms with E-state index in [4.69, 9.17) is 27.9 Å². The topological polar surface area (TPSA) is 67.4 Å². The highest BCUT2D eigenvalue weighted by Gasteiger charge is 2.16. The van der Waals surface area contributed by atoms with E-state index in [0.717, 1.165) is 5.56 Å². The molecule has 2 rings (SSSR count). The van der Waals surface area contributed by atoms with Crippen molar-refractivity contribution in [3.05, 3.63) is 58.1 Å². The van der Waals surface area contributed by atoms with E-state index in [2.05, 4.69) is 10.6 Å². The van der Waals surface area contributed by atoms with Crippen LogP contribution in [0.3, 0.4) is 0 Å². The SMILES string of the molecule is COc1ccc(Cl)cc1NC(=O)C(=O)NCc1ccccc1Cl. The predicted molar refractivity (Wildman–Crippen MR) is 89.9 cm³/mol. The van der Waals surface area contributed by atoms with E-state index in [1.807, 2.05) is 0 Å². The molecule has 2 aromatic carbocycles. The maximum absolute atomic E-state index is 11.9. The molecule has 0 atom stereocenters. The van der Waals surface area contributed by atoms with Gasteiger partial charge < -0.3 is 15.4 Å². The molecule has 0 aliphatic rings. The lowest BCUT2D eigenvalue weighted by Crippen LogP contribution is -2.35. The molecule has 0 spiro atoms. The highest BCUT2D eigenvalue weighted by Crippen LogP contribution is 2.27. The molecule has 0 aliphatic carbocycles. The zero-order chi connectivity index (χ0) is 16.8. The standard InChI is InChI=1S/C16H14Cl2N2O3/c1-23-14-7-6-11(17)8-13(14)20-16(22)15(21)19-9-10-4-2-3-5-12(10)18/h2-8H,9H2,1H3,(H,19,21)(H,20,22). The van der Waals surface area contributed by atoms with E-state index < -0.39 is 11.8 Å². The summed E-state index contributed by atoms with van der Waals surface area (Å²) in [6, 6.07) is 11.8. The van der Waals surface area contributed by atoms with Gasteiger partial charge in [-0.05, 0) is 29.8 Å². The van der Waals surface area contributed by atoms with Crippen LogP contribution in [-0.4, -0.2) is 18.9 Å². The molecule has 0 saturated heterocycles. The molecule has 5 nitrogen and oxygen atoms in total. The highest BCUT2D eigenvalue weighted by molar-refractivity contribution is 6.40. The fourth-order valence-corrected chi connectivity index (χ4v) is 2.23. The van der Waals surface area contributed by atoms with Gasteiger partial charge in [0.25, 0.3) is 0 Å². The summed E-state index contributed by atoms with van der Waals surface area (Å²) in [7, 11) is 1.45. The molecule has 2 aromatic rings. The molecule has 0 aliphatic heterocycles. The molecular weight excluding hydrogens is 339 g/mol. The second kappa shape index (κ2) is 7.85. The molecule has 7 heteroatoms. The number of halogens is 2. The molecule has 2 N–H and O–H groups in total. The molecular formula is C16H14Cl2N2O3. The third-order valence-electron chi connectivity index (χ3n) is 3.01. The Labute approximate surface area is 143 Å². The normalized spacial score (nSPS) is 10.0. The quantitative estimate of drug-likeness (QED) is 0.830. The van der Waals surface area contributed by atoms with Crippen LogP contribution >= 0.6 is 23.2 Å². The first-order chi connectivity index (χ1) is 11.0. The van der Waals surface area contributed by atoms with Crippen LogP contribution in [0.15, 0.2) is 42.5 Å². The number of nitrogens with one attached hydrogen (secondary N) is 2. The summed E-state index contributed by atoms with van der Waals surface area (Å²) < 4.78 is 5.10. The molecule has 2 amide bonds. The number of rotatable bonds is 4. The Morgan fingerprint density at radius 3 is 2.52 bits per heavy atom. The van der Waals surface area contributed by atoms with Gasteiger partial charge in [-0.2, -0.15) is 0 Å². The molecule has 23 heavy (non-hydrogen) atoms. The van der Waals surface area contributed by atoms with Gasteiger partial charge in [0.1, 0.15) is 5.75 Å². The average Bonchev–Trinajstić information content (AvgIpc) is 2.54. The van der Waals surface area contributed by atoms with Crippen LogP contribution in [0.5, 0.6) is 5.75 Å². The van der Waals surface area contributed by atoms with Crippen LogP contribution in [0.2, 0.25) is 10.0 Å². The minimum absolute atomic E-state index is 0.151. The first kappa shape index (κ1) is 17.1. The van der Waals surface area contributed by atoms with Crippen LogP contribution in [0.1, 0.15) is 5.56 Å². The van der Waals surface area contributed by atoms with Crippen LogP contribution < -0.4 is 15.4 Å². The number of hydrogen-bond donors (Lipinski definition) is 2. The zero-order valence-corrected chi connectivity index (χ0v) is 13.7. The Kier molecular flexibility index (Phi) is 5.84. The number of carbonyl (C=O) groups excluding carboxylic acids is 2. The summed E-state index contributed by atoms with van der Waals surface area (Å²) in [5, 5.41) is 5.89. The number of amides is 2. The van der Waals surface area contributed by atoms with Crippen molar-refractivity contribution in [2.75, 3.05) is 12.4 Å². The molecule has 0 heterocycles. The summed E-state index contributed by atoms with van der Waals surface area (Å²) in [6.45, 7) is 0.151. The van der Waals surface area contributed by atoms with Gasteiger partial charge in [0.2, 0.25) is 0 Å². The molecule has 0 saturated carbocycles. The first-order valence-corrected chi connectivity index (χ1v) is 7.43. The van der Waals surface area contributed by atoms with Gasteiger partial charge in [0.15, 0.2) is 0 Å². The second-order valence-corrected chi connectivity index (χ2v) is 5.42. The van der Waals surface area contributed by atoms with Crippen LogP contribution in [-0.2, 0) is 16.1 Å². The molecule has 0 fully saturated rings. The van der Waals surface area contributed by atoms with E-state index in [9.17, 15) is 9.59 Å². The second-order valence-electron chi connectivity index (χ2n) is 4.57. The van der Waals surface area contributed by atoms with Crippen molar-refractivity contribution in [1.29, 1.82) is 0 Å². The summed E-state index contributed by atoms with van der Waals surface area (Å²) >= 11 is 11.9. The lowest BCUT2D eigenvalue weighted by molar-refractivity contribution is -0.136. The van der Waals surface area contributed by atoms with Crippen molar-refractivity contribution in [3.63, 3.8) is 0 Å². The van der Waals surface area contributed by atoms with Crippen molar-refractivity contribution in [3.8, 4) is 5.75 Å². The Morgan fingerprint density at radius 1 is 1.09 bits per heavy atom. The smallest absolute Gasteiger partial charge is 0.313 e. The van der Waals surface area contributed by atoms with E-state index in [1.54, 1.807) is 36.4 Å². The Morgan fingerprint density at radius 2 is 1.83 bits per heavy atom. The fourth-order valence-electron chi connectivity index (χ4n) is 1.85. The monoisotopic (exact) mass is 352 g/mol. The van der Waals surface area contributed by atoms with Gasteiger partial charge in [0.05, 0.1) is 12.8 Å². The third kappa shape index (κ3) is 4.61. The summed E-state index contributed by atoms with van der Waals surface area (Å²) in [6.07, 6.45) is 0. The zero-order valence-electron chi connectivity index (χ0n) is 12.2. The summed E-state index contributed by atoms with van der Waals surface area (Å²) in [5.41, 5.74) is 1.04. The van der Waals surface area contributed by atoms with Gasteiger partial charge in [-0.15, -0.1) is 0 Å². The minimum atomic E-state index is -0.822. The summed E-state index contributed by atoms with van der Waals surface area (Å²) in [5.74, 6) is -1.20. The van der Waals surface area contributed by atoms with Crippen molar-refractivity contribution in [2.24, 2.45) is 0 Å². The molecule has 0 unspecified atom stereocenters. The van der Waals surface area contributed by atoms with Crippen molar-refractivity contribution < 1.29 is 14.3 Å². The van der Waals surface area contributed by atoms with Crippen LogP contribution in [0.25, 0.3) is 0 Å². The Balaban J connectivity index is 1.99. The van der Waals surface area contributed by atoms with Crippen LogP contribution in [0.4, 0.5) is 5.69 Å². The first-order valence-electron chi connectivity index (χ1n) is 6.67. The van der Waals surface area contributed by atoms with Crippen molar-refractivity contribution >= 4 is 40.7 Å². The number of hydrogen-bond acceptors (Lipinski definition) is 3. The number of ether oxygens (including phenoxy) is 1. The average molecular weight is 353 g/mol. The Bertz CT molecular complexity index is 735. The maximum atomic E-state index is 11.9. The third-order valence-corrected chi connectivity index (χ3v) is 3.62. The molecule has 120 valence electrons. The number of carbonyl (C=O) groups is 2.